The molecule has 0 fully saturated rings. The summed E-state index contributed by atoms with van der Waals surface area (Å²) in [5, 5.41) is 14.2. The molecular weight excluding hydrogens is 226 g/mol. The van der Waals surface area contributed by atoms with Crippen LogP contribution in [0, 0.1) is 0 Å². The van der Waals surface area contributed by atoms with E-state index in [1.54, 1.807) is 18.5 Å². The third-order valence-corrected chi connectivity index (χ3v) is 3.08. The molecule has 1 atom stereocenters. The van der Waals surface area contributed by atoms with Crippen LogP contribution in [-0.4, -0.2) is 15.8 Å². The van der Waals surface area contributed by atoms with Crippen LogP contribution in [0.1, 0.15) is 23.6 Å². The maximum Gasteiger partial charge on any atom is 0.120 e. The molecule has 1 aromatic carbocycles. The van der Waals surface area contributed by atoms with Crippen molar-refractivity contribution in [1.82, 2.24) is 10.4 Å². The van der Waals surface area contributed by atoms with Crippen LogP contribution in [0.4, 0.5) is 0 Å². The Bertz CT molecular complexity index is 581. The first kappa shape index (κ1) is 10.8. The van der Waals surface area contributed by atoms with Gasteiger partial charge in [-0.05, 0) is 18.2 Å². The molecule has 1 aromatic heterocycles. The molecule has 0 radical (unpaired) electrons. The highest BCUT2D eigenvalue weighted by molar-refractivity contribution is 6.01. The van der Waals surface area contributed by atoms with Gasteiger partial charge in [0.2, 0.25) is 0 Å². The topological polar surface area (TPSA) is 57.5 Å². The lowest BCUT2D eigenvalue weighted by Crippen LogP contribution is -2.10. The van der Waals surface area contributed by atoms with Crippen LogP contribution in [0.5, 0.6) is 5.75 Å². The van der Waals surface area contributed by atoms with E-state index in [1.807, 2.05) is 30.3 Å². The second-order valence-electron chi connectivity index (χ2n) is 4.24. The maximum atomic E-state index is 9.83. The fraction of sp³-hybridized carbons (Fsp3) is 0.143. The molecule has 4 heteroatoms. The van der Waals surface area contributed by atoms with E-state index in [4.69, 9.17) is 0 Å². The highest BCUT2D eigenvalue weighted by atomic mass is 16.3. The van der Waals surface area contributed by atoms with Crippen molar-refractivity contribution >= 4 is 5.71 Å². The number of hydrogen-bond donors (Lipinski definition) is 2. The van der Waals surface area contributed by atoms with Gasteiger partial charge in [-0.2, -0.15) is 5.10 Å². The molecule has 1 unspecified atom stereocenters. The number of nitrogens with one attached hydrogen (secondary N) is 1. The third kappa shape index (κ3) is 1.93. The van der Waals surface area contributed by atoms with Crippen molar-refractivity contribution in [3.8, 4) is 5.75 Å². The summed E-state index contributed by atoms with van der Waals surface area (Å²) >= 11 is 0. The average Bonchev–Trinajstić information content (AvgIpc) is 2.90. The summed E-state index contributed by atoms with van der Waals surface area (Å²) in [4.78, 5) is 3.99. The summed E-state index contributed by atoms with van der Waals surface area (Å²) in [5.41, 5.74) is 6.01. The first-order valence-corrected chi connectivity index (χ1v) is 5.85. The van der Waals surface area contributed by atoms with E-state index in [-0.39, 0.29) is 6.04 Å². The Morgan fingerprint density at radius 3 is 2.67 bits per heavy atom. The number of phenolic OH excluding ortho intramolecular Hbond substituents is 1. The van der Waals surface area contributed by atoms with Crippen LogP contribution in [0.2, 0.25) is 0 Å². The zero-order valence-corrected chi connectivity index (χ0v) is 9.74. The second-order valence-corrected chi connectivity index (χ2v) is 4.24. The number of aromatic nitrogens is 1. The van der Waals surface area contributed by atoms with Crippen molar-refractivity contribution in [2.75, 3.05) is 0 Å². The number of para-hydroxylation sites is 1. The number of benzene rings is 1. The minimum Gasteiger partial charge on any atom is -0.508 e. The summed E-state index contributed by atoms with van der Waals surface area (Å²) in [5.74, 6) is 0.307. The Morgan fingerprint density at radius 2 is 1.89 bits per heavy atom. The number of pyridine rings is 1. The van der Waals surface area contributed by atoms with Gasteiger partial charge in [-0.1, -0.05) is 18.2 Å². The monoisotopic (exact) mass is 239 g/mol. The fourth-order valence-electron chi connectivity index (χ4n) is 2.13. The van der Waals surface area contributed by atoms with E-state index in [1.165, 1.54) is 0 Å². The number of rotatable bonds is 2. The van der Waals surface area contributed by atoms with Crippen molar-refractivity contribution in [3.63, 3.8) is 0 Å². The van der Waals surface area contributed by atoms with E-state index in [0.29, 0.717) is 5.75 Å². The van der Waals surface area contributed by atoms with Gasteiger partial charge in [-0.15, -0.1) is 0 Å². The van der Waals surface area contributed by atoms with Crippen LogP contribution >= 0.6 is 0 Å². The number of nitrogens with zero attached hydrogens (tertiary/aromatic N) is 2. The molecule has 4 nitrogen and oxygen atoms in total. The van der Waals surface area contributed by atoms with Gasteiger partial charge in [0.1, 0.15) is 5.75 Å². The van der Waals surface area contributed by atoms with Crippen LogP contribution in [-0.2, 0) is 0 Å². The fourth-order valence-corrected chi connectivity index (χ4v) is 2.13. The molecule has 0 aliphatic carbocycles. The van der Waals surface area contributed by atoms with Crippen LogP contribution < -0.4 is 5.43 Å². The predicted molar refractivity (Wildman–Crippen MR) is 69.4 cm³/mol. The zero-order chi connectivity index (χ0) is 12.4. The molecule has 0 bridgehead atoms. The SMILES string of the molecule is Oc1ccccc1C1CC(c2ccncc2)=NN1. The number of phenols is 1. The van der Waals surface area contributed by atoms with Gasteiger partial charge >= 0.3 is 0 Å². The normalized spacial score (nSPS) is 18.2. The summed E-state index contributed by atoms with van der Waals surface area (Å²) in [6.07, 6.45) is 4.28. The minimum absolute atomic E-state index is 0.0364. The molecule has 2 heterocycles. The first-order valence-electron chi connectivity index (χ1n) is 5.85. The molecule has 1 aliphatic heterocycles. The molecular formula is C14H13N3O. The molecule has 1 aliphatic rings. The van der Waals surface area contributed by atoms with E-state index in [9.17, 15) is 5.11 Å². The van der Waals surface area contributed by atoms with Gasteiger partial charge in [0.15, 0.2) is 0 Å². The highest BCUT2D eigenvalue weighted by Gasteiger charge is 2.22. The maximum absolute atomic E-state index is 9.83. The number of hydrazone groups is 1. The zero-order valence-electron chi connectivity index (χ0n) is 9.74. The van der Waals surface area contributed by atoms with E-state index < -0.39 is 0 Å². The van der Waals surface area contributed by atoms with Gasteiger partial charge in [-0.3, -0.25) is 4.98 Å². The molecule has 90 valence electrons. The van der Waals surface area contributed by atoms with Gasteiger partial charge in [-0.25, -0.2) is 0 Å². The Labute approximate surface area is 105 Å². The van der Waals surface area contributed by atoms with Gasteiger partial charge in [0.05, 0.1) is 11.8 Å². The molecule has 0 saturated carbocycles. The van der Waals surface area contributed by atoms with Gasteiger partial charge in [0.25, 0.3) is 0 Å². The Kier molecular flexibility index (Phi) is 2.68. The first-order chi connectivity index (χ1) is 8.84. The smallest absolute Gasteiger partial charge is 0.120 e. The Balaban J connectivity index is 1.81. The van der Waals surface area contributed by atoms with Crippen molar-refractivity contribution in [2.24, 2.45) is 5.10 Å². The van der Waals surface area contributed by atoms with E-state index in [0.717, 1.165) is 23.3 Å². The summed E-state index contributed by atoms with van der Waals surface area (Å²) in [6, 6.07) is 11.3. The molecule has 0 saturated heterocycles. The van der Waals surface area contributed by atoms with Gasteiger partial charge < -0.3 is 10.5 Å². The van der Waals surface area contributed by atoms with Gasteiger partial charge in [0, 0.05) is 29.9 Å². The minimum atomic E-state index is 0.0364. The van der Waals surface area contributed by atoms with Crippen LogP contribution in [0.3, 0.4) is 0 Å². The molecule has 2 aromatic rings. The van der Waals surface area contributed by atoms with Crippen molar-refractivity contribution in [1.29, 1.82) is 0 Å². The van der Waals surface area contributed by atoms with Crippen molar-refractivity contribution < 1.29 is 5.11 Å². The highest BCUT2D eigenvalue weighted by Crippen LogP contribution is 2.30. The average molecular weight is 239 g/mol. The number of hydrogen-bond acceptors (Lipinski definition) is 4. The Morgan fingerprint density at radius 1 is 1.11 bits per heavy atom. The molecule has 0 amide bonds. The quantitative estimate of drug-likeness (QED) is 0.844. The summed E-state index contributed by atoms with van der Waals surface area (Å²) in [7, 11) is 0. The van der Waals surface area contributed by atoms with Crippen LogP contribution in [0.25, 0.3) is 0 Å². The van der Waals surface area contributed by atoms with Crippen molar-refractivity contribution in [2.45, 2.75) is 12.5 Å². The lowest BCUT2D eigenvalue weighted by Gasteiger charge is -2.11. The van der Waals surface area contributed by atoms with E-state index >= 15 is 0 Å². The largest absolute Gasteiger partial charge is 0.508 e. The van der Waals surface area contributed by atoms with E-state index in [2.05, 4.69) is 15.5 Å². The second kappa shape index (κ2) is 4.49. The standard InChI is InChI=1S/C14H13N3O/c18-14-4-2-1-3-11(14)13-9-12(16-17-13)10-5-7-15-8-6-10/h1-8,13,17-18H,9H2. The molecule has 2 N–H and O–H groups in total. The third-order valence-electron chi connectivity index (χ3n) is 3.08. The lowest BCUT2D eigenvalue weighted by molar-refractivity contribution is 0.455. The summed E-state index contributed by atoms with van der Waals surface area (Å²) < 4.78 is 0. The van der Waals surface area contributed by atoms with Crippen LogP contribution in [0.15, 0.2) is 53.9 Å². The van der Waals surface area contributed by atoms with Crippen molar-refractivity contribution in [3.05, 3.63) is 59.9 Å². The predicted octanol–water partition coefficient (Wildman–Crippen LogP) is 2.23. The molecule has 3 rings (SSSR count). The number of aromatic hydroxyl groups is 1. The summed E-state index contributed by atoms with van der Waals surface area (Å²) in [6.45, 7) is 0. The Hall–Kier alpha value is -2.36. The molecule has 18 heavy (non-hydrogen) atoms. The molecule has 0 spiro atoms. The lowest BCUT2D eigenvalue weighted by atomic mass is 9.99.